The van der Waals surface area contributed by atoms with Crippen LogP contribution in [-0.2, 0) is 23.7 Å². The Balaban J connectivity index is 3.35. The summed E-state index contributed by atoms with van der Waals surface area (Å²) in [5, 5.41) is 8.57. The lowest BCUT2D eigenvalue weighted by Crippen LogP contribution is -2.18. The normalized spacial score (nSPS) is 12.5. The lowest BCUT2D eigenvalue weighted by atomic mass is 10.0. The number of carbonyl (C=O) groups excluding carboxylic acids is 1. The Bertz CT molecular complexity index is 427. The van der Waals surface area contributed by atoms with Crippen molar-refractivity contribution in [1.82, 2.24) is 0 Å². The number of carbonyl (C=O) groups is 1. The van der Waals surface area contributed by atoms with E-state index in [1.54, 1.807) is 0 Å². The Morgan fingerprint density at radius 1 is 0.697 bits per heavy atom. The Morgan fingerprint density at radius 2 is 1.18 bits per heavy atom. The lowest BCUT2D eigenvalue weighted by Gasteiger charge is -2.11. The van der Waals surface area contributed by atoms with Crippen molar-refractivity contribution in [3.05, 3.63) is 12.2 Å². The molecule has 0 spiro atoms. The first-order valence-electron chi connectivity index (χ1n) is 13.4. The van der Waals surface area contributed by atoms with Crippen LogP contribution < -0.4 is 0 Å². The quantitative estimate of drug-likeness (QED) is 0.0966. The monoisotopic (exact) mass is 472 g/mol. The highest BCUT2D eigenvalue weighted by Crippen LogP contribution is 2.13. The van der Waals surface area contributed by atoms with Gasteiger partial charge in [0.2, 0.25) is 0 Å². The van der Waals surface area contributed by atoms with Crippen molar-refractivity contribution in [2.75, 3.05) is 52.9 Å². The number of ether oxygens (including phenoxy) is 4. The fourth-order valence-corrected chi connectivity index (χ4v) is 3.41. The molecule has 0 aliphatic heterocycles. The zero-order valence-electron chi connectivity index (χ0n) is 21.6. The van der Waals surface area contributed by atoms with Crippen molar-refractivity contribution in [3.8, 4) is 0 Å². The molecule has 0 saturated carbocycles. The molecule has 0 aromatic rings. The van der Waals surface area contributed by atoms with Crippen molar-refractivity contribution < 1.29 is 28.8 Å². The third-order valence-electron chi connectivity index (χ3n) is 5.50. The van der Waals surface area contributed by atoms with E-state index in [9.17, 15) is 4.79 Å². The van der Waals surface area contributed by atoms with E-state index in [4.69, 9.17) is 24.1 Å². The van der Waals surface area contributed by atoms with Gasteiger partial charge < -0.3 is 24.1 Å². The van der Waals surface area contributed by atoms with Crippen molar-refractivity contribution in [3.63, 3.8) is 0 Å². The largest absolute Gasteiger partial charge is 0.463 e. The van der Waals surface area contributed by atoms with Crippen LogP contribution in [0.2, 0.25) is 0 Å². The molecule has 0 aromatic heterocycles. The lowest BCUT2D eigenvalue weighted by molar-refractivity contribution is -0.149. The smallest absolute Gasteiger partial charge is 0.308 e. The van der Waals surface area contributed by atoms with Crippen LogP contribution in [-0.4, -0.2) is 63.9 Å². The van der Waals surface area contributed by atoms with Gasteiger partial charge >= 0.3 is 5.97 Å². The van der Waals surface area contributed by atoms with E-state index < -0.39 is 0 Å². The SMILES string of the molecule is CCCCCCCC/C=C\CCCCCCC(C)C(=O)OCCOCCOCCOCCO. The summed E-state index contributed by atoms with van der Waals surface area (Å²) in [5.41, 5.74) is 0. The molecule has 0 aromatic carbocycles. The first-order valence-corrected chi connectivity index (χ1v) is 13.4. The van der Waals surface area contributed by atoms with Crippen LogP contribution in [0.25, 0.3) is 0 Å². The van der Waals surface area contributed by atoms with Gasteiger partial charge in [-0.15, -0.1) is 0 Å². The number of hydrogen-bond acceptors (Lipinski definition) is 6. The summed E-state index contributed by atoms with van der Waals surface area (Å²) >= 11 is 0. The number of allylic oxidation sites excluding steroid dienone is 2. The number of esters is 1. The van der Waals surface area contributed by atoms with Crippen molar-refractivity contribution in [2.24, 2.45) is 5.92 Å². The minimum atomic E-state index is -0.131. The van der Waals surface area contributed by atoms with Crippen LogP contribution in [0.1, 0.15) is 97.3 Å². The van der Waals surface area contributed by atoms with Gasteiger partial charge in [-0.3, -0.25) is 4.79 Å². The van der Waals surface area contributed by atoms with Gasteiger partial charge in [-0.2, -0.15) is 0 Å². The number of hydrogen-bond donors (Lipinski definition) is 1. The number of aliphatic hydroxyl groups excluding tert-OH is 1. The molecule has 0 bridgehead atoms. The molecule has 0 heterocycles. The van der Waals surface area contributed by atoms with E-state index in [1.807, 2.05) is 6.92 Å². The maximum Gasteiger partial charge on any atom is 0.308 e. The molecule has 0 rings (SSSR count). The van der Waals surface area contributed by atoms with Crippen molar-refractivity contribution in [2.45, 2.75) is 97.3 Å². The zero-order chi connectivity index (χ0) is 24.2. The number of unbranched alkanes of at least 4 members (excludes halogenated alkanes) is 10. The van der Waals surface area contributed by atoms with Gasteiger partial charge in [0.25, 0.3) is 0 Å². The van der Waals surface area contributed by atoms with Gasteiger partial charge in [-0.25, -0.2) is 0 Å². The van der Waals surface area contributed by atoms with Crippen molar-refractivity contribution >= 4 is 5.97 Å². The van der Waals surface area contributed by atoms with E-state index in [1.165, 1.54) is 70.6 Å². The fourth-order valence-electron chi connectivity index (χ4n) is 3.41. The molecule has 0 fully saturated rings. The first-order chi connectivity index (χ1) is 16.2. The van der Waals surface area contributed by atoms with Crippen LogP contribution in [0.3, 0.4) is 0 Å². The fraction of sp³-hybridized carbons (Fsp3) is 0.889. The van der Waals surface area contributed by atoms with Crippen LogP contribution >= 0.6 is 0 Å². The summed E-state index contributed by atoms with van der Waals surface area (Å²) in [6.45, 7) is 7.11. The van der Waals surface area contributed by atoms with Crippen LogP contribution in [0.15, 0.2) is 12.2 Å². The van der Waals surface area contributed by atoms with Crippen molar-refractivity contribution in [1.29, 1.82) is 0 Å². The molecule has 6 heteroatoms. The Kier molecular flexibility index (Phi) is 26.5. The van der Waals surface area contributed by atoms with E-state index >= 15 is 0 Å². The predicted octanol–water partition coefficient (Wildman–Crippen LogP) is 5.86. The molecule has 1 N–H and O–H groups in total. The van der Waals surface area contributed by atoms with Gasteiger partial charge in [0.05, 0.1) is 52.2 Å². The Morgan fingerprint density at radius 3 is 1.76 bits per heavy atom. The average Bonchev–Trinajstić information content (AvgIpc) is 2.82. The zero-order valence-corrected chi connectivity index (χ0v) is 21.6. The van der Waals surface area contributed by atoms with Crippen LogP contribution in [0.5, 0.6) is 0 Å². The molecule has 1 atom stereocenters. The van der Waals surface area contributed by atoms with Gasteiger partial charge in [0.1, 0.15) is 6.61 Å². The summed E-state index contributed by atoms with van der Waals surface area (Å²) in [6, 6.07) is 0. The molecule has 0 amide bonds. The number of rotatable bonds is 26. The molecule has 0 saturated heterocycles. The maximum absolute atomic E-state index is 12.0. The molecule has 0 radical (unpaired) electrons. The minimum Gasteiger partial charge on any atom is -0.463 e. The average molecular weight is 473 g/mol. The van der Waals surface area contributed by atoms with Gasteiger partial charge in [-0.05, 0) is 32.1 Å². The highest BCUT2D eigenvalue weighted by atomic mass is 16.6. The first kappa shape index (κ1) is 32.0. The summed E-state index contributed by atoms with van der Waals surface area (Å²) < 4.78 is 21.1. The van der Waals surface area contributed by atoms with Crippen LogP contribution in [0, 0.1) is 5.92 Å². The predicted molar refractivity (Wildman–Crippen MR) is 135 cm³/mol. The molecule has 33 heavy (non-hydrogen) atoms. The summed E-state index contributed by atoms with van der Waals surface area (Å²) in [4.78, 5) is 12.0. The molecule has 196 valence electrons. The second-order valence-corrected chi connectivity index (χ2v) is 8.65. The molecule has 0 aliphatic carbocycles. The Hall–Kier alpha value is -0.950. The van der Waals surface area contributed by atoms with Gasteiger partial charge in [-0.1, -0.05) is 77.4 Å². The van der Waals surface area contributed by atoms with Gasteiger partial charge in [0.15, 0.2) is 0 Å². The van der Waals surface area contributed by atoms with E-state index in [0.717, 1.165) is 12.8 Å². The van der Waals surface area contributed by atoms with E-state index in [-0.39, 0.29) is 25.1 Å². The van der Waals surface area contributed by atoms with Gasteiger partial charge in [0, 0.05) is 0 Å². The molecule has 1 unspecified atom stereocenters. The second kappa shape index (κ2) is 27.3. The highest BCUT2D eigenvalue weighted by Gasteiger charge is 2.13. The summed E-state index contributed by atoms with van der Waals surface area (Å²) in [6.07, 6.45) is 20.9. The van der Waals surface area contributed by atoms with E-state index in [0.29, 0.717) is 39.6 Å². The van der Waals surface area contributed by atoms with E-state index in [2.05, 4.69) is 19.1 Å². The molecular weight excluding hydrogens is 420 g/mol. The standard InChI is InChI=1S/C27H52O6/c1-3-4-5-6-7-8-9-10-11-12-13-14-15-16-17-26(2)27(29)33-25-24-32-23-22-31-21-20-30-19-18-28/h10-11,26,28H,3-9,12-25H2,1-2H3/b11-10-. The molecule has 6 nitrogen and oxygen atoms in total. The summed E-state index contributed by atoms with van der Waals surface area (Å²) in [7, 11) is 0. The second-order valence-electron chi connectivity index (χ2n) is 8.65. The molecule has 0 aliphatic rings. The Labute approximate surface area is 203 Å². The summed E-state index contributed by atoms with van der Waals surface area (Å²) in [5.74, 6) is -0.182. The van der Waals surface area contributed by atoms with Crippen LogP contribution in [0.4, 0.5) is 0 Å². The topological polar surface area (TPSA) is 74.2 Å². The highest BCUT2D eigenvalue weighted by molar-refractivity contribution is 5.71. The number of aliphatic hydroxyl groups is 1. The maximum atomic E-state index is 12.0. The third-order valence-corrected chi connectivity index (χ3v) is 5.50. The minimum absolute atomic E-state index is 0.0255. The third kappa shape index (κ3) is 25.5. The molecular formula is C27H52O6.